The van der Waals surface area contributed by atoms with Crippen LogP contribution in [0.3, 0.4) is 0 Å². The van der Waals surface area contributed by atoms with Gasteiger partial charge in [0.1, 0.15) is 5.76 Å². The molecule has 0 radical (unpaired) electrons. The molecule has 4 bridgehead atoms. The Morgan fingerprint density at radius 3 is 2.30 bits per heavy atom. The van der Waals surface area contributed by atoms with Gasteiger partial charge in [0.2, 0.25) is 0 Å². The van der Waals surface area contributed by atoms with Crippen LogP contribution in [-0.2, 0) is 16.1 Å². The Labute approximate surface area is 175 Å². The van der Waals surface area contributed by atoms with Gasteiger partial charge in [0, 0.05) is 17.7 Å². The van der Waals surface area contributed by atoms with Crippen molar-refractivity contribution in [1.29, 1.82) is 0 Å². The lowest BCUT2D eigenvalue weighted by molar-refractivity contribution is -0.605. The van der Waals surface area contributed by atoms with Crippen LogP contribution in [0.5, 0.6) is 0 Å². The van der Waals surface area contributed by atoms with Crippen molar-refractivity contribution in [2.75, 3.05) is 6.61 Å². The van der Waals surface area contributed by atoms with E-state index in [2.05, 4.69) is 0 Å². The predicted molar refractivity (Wildman–Crippen MR) is 106 cm³/mol. The van der Waals surface area contributed by atoms with Gasteiger partial charge in [-0.25, -0.2) is 4.79 Å². The quantitative estimate of drug-likeness (QED) is 0.415. The van der Waals surface area contributed by atoms with Crippen LogP contribution in [0.15, 0.2) is 47.3 Å². The predicted octanol–water partition coefficient (Wildman–Crippen LogP) is 3.07. The summed E-state index contributed by atoms with van der Waals surface area (Å²) in [6.07, 6.45) is 11.0. The van der Waals surface area contributed by atoms with Crippen LogP contribution in [0.2, 0.25) is 0 Å². The SMILES string of the molecule is O=C(OCC(=O)N(Cc1ccco1)C12CC3CC(CC(C3)C1)C2)c1cc[n+]([O-])cc1. The van der Waals surface area contributed by atoms with E-state index in [-0.39, 0.29) is 23.6 Å². The number of carbonyl (C=O) groups excluding carboxylic acids is 2. The molecule has 0 unspecified atom stereocenters. The lowest BCUT2D eigenvalue weighted by Gasteiger charge is -2.60. The van der Waals surface area contributed by atoms with Gasteiger partial charge in [0.05, 0.1) is 18.4 Å². The number of carbonyl (C=O) groups is 2. The maximum atomic E-state index is 13.3. The summed E-state index contributed by atoms with van der Waals surface area (Å²) in [5, 5.41) is 11.2. The molecule has 30 heavy (non-hydrogen) atoms. The summed E-state index contributed by atoms with van der Waals surface area (Å²) in [4.78, 5) is 27.6. The number of rotatable bonds is 6. The normalized spacial score (nSPS) is 29.0. The van der Waals surface area contributed by atoms with Crippen molar-refractivity contribution in [2.45, 2.75) is 50.6 Å². The van der Waals surface area contributed by atoms with Gasteiger partial charge in [-0.2, -0.15) is 4.73 Å². The van der Waals surface area contributed by atoms with Crippen LogP contribution >= 0.6 is 0 Å². The second-order valence-electron chi connectivity index (χ2n) is 9.22. The summed E-state index contributed by atoms with van der Waals surface area (Å²) < 4.78 is 11.5. The van der Waals surface area contributed by atoms with E-state index in [4.69, 9.17) is 9.15 Å². The van der Waals surface area contributed by atoms with E-state index >= 15 is 0 Å². The lowest BCUT2D eigenvalue weighted by Crippen LogP contribution is -2.61. The summed E-state index contributed by atoms with van der Waals surface area (Å²) >= 11 is 0. The molecule has 4 aliphatic carbocycles. The Kier molecular flexibility index (Phi) is 4.76. The second kappa shape index (κ2) is 7.45. The van der Waals surface area contributed by atoms with Gasteiger partial charge in [0.25, 0.3) is 5.91 Å². The Morgan fingerprint density at radius 1 is 1.10 bits per heavy atom. The van der Waals surface area contributed by atoms with Gasteiger partial charge in [-0.3, -0.25) is 4.79 Å². The first kappa shape index (κ1) is 19.2. The number of esters is 1. The molecule has 0 aliphatic heterocycles. The smallest absolute Gasteiger partial charge is 0.339 e. The van der Waals surface area contributed by atoms with Gasteiger partial charge in [-0.05, 0) is 68.4 Å². The first-order valence-electron chi connectivity index (χ1n) is 10.7. The third-order valence-electron chi connectivity index (χ3n) is 7.14. The second-order valence-corrected chi connectivity index (χ2v) is 9.22. The molecule has 4 aliphatic rings. The van der Waals surface area contributed by atoms with E-state index in [1.165, 1.54) is 43.8 Å². The van der Waals surface area contributed by atoms with Crippen LogP contribution in [0.25, 0.3) is 0 Å². The number of nitrogens with zero attached hydrogens (tertiary/aromatic N) is 2. The third kappa shape index (κ3) is 3.57. The Balaban J connectivity index is 1.33. The van der Waals surface area contributed by atoms with Crippen LogP contribution < -0.4 is 4.73 Å². The van der Waals surface area contributed by atoms with Crippen molar-refractivity contribution in [3.05, 3.63) is 59.5 Å². The molecule has 0 aromatic carbocycles. The zero-order valence-electron chi connectivity index (χ0n) is 16.9. The van der Waals surface area contributed by atoms with E-state index in [0.29, 0.717) is 29.0 Å². The van der Waals surface area contributed by atoms with Crippen molar-refractivity contribution < 1.29 is 23.5 Å². The van der Waals surface area contributed by atoms with Crippen LogP contribution in [0.1, 0.15) is 54.6 Å². The summed E-state index contributed by atoms with van der Waals surface area (Å²) in [5.74, 6) is 2.02. The molecule has 158 valence electrons. The van der Waals surface area contributed by atoms with Gasteiger partial charge >= 0.3 is 5.97 Å². The largest absolute Gasteiger partial charge is 0.619 e. The molecule has 4 fully saturated rings. The fourth-order valence-corrected chi connectivity index (χ4v) is 6.31. The molecular weight excluding hydrogens is 384 g/mol. The molecule has 4 saturated carbocycles. The van der Waals surface area contributed by atoms with Crippen molar-refractivity contribution in [3.63, 3.8) is 0 Å². The third-order valence-corrected chi connectivity index (χ3v) is 7.14. The topological polar surface area (TPSA) is 86.7 Å². The van der Waals surface area contributed by atoms with Gasteiger partial charge < -0.3 is 19.3 Å². The molecule has 2 heterocycles. The number of pyridine rings is 1. The highest BCUT2D eigenvalue weighted by Crippen LogP contribution is 2.58. The zero-order chi connectivity index (χ0) is 20.7. The molecule has 0 N–H and O–H groups in total. The molecule has 0 saturated heterocycles. The molecule has 0 spiro atoms. The average Bonchev–Trinajstić information content (AvgIpc) is 3.23. The number of hydrogen-bond acceptors (Lipinski definition) is 5. The van der Waals surface area contributed by atoms with Crippen molar-refractivity contribution in [1.82, 2.24) is 4.90 Å². The first-order chi connectivity index (χ1) is 14.5. The van der Waals surface area contributed by atoms with Crippen molar-refractivity contribution in [2.24, 2.45) is 17.8 Å². The maximum Gasteiger partial charge on any atom is 0.339 e. The highest BCUT2D eigenvalue weighted by molar-refractivity contribution is 5.91. The van der Waals surface area contributed by atoms with Crippen LogP contribution in [-0.4, -0.2) is 28.9 Å². The number of ether oxygens (including phenoxy) is 1. The Morgan fingerprint density at radius 2 is 1.73 bits per heavy atom. The number of amides is 1. The summed E-state index contributed by atoms with van der Waals surface area (Å²) in [7, 11) is 0. The summed E-state index contributed by atoms with van der Waals surface area (Å²) in [6.45, 7) is 0.0879. The van der Waals surface area contributed by atoms with E-state index < -0.39 is 5.97 Å². The zero-order valence-corrected chi connectivity index (χ0v) is 16.9. The minimum atomic E-state index is -0.604. The molecule has 2 aromatic rings. The average molecular weight is 410 g/mol. The Bertz CT molecular complexity index is 886. The van der Waals surface area contributed by atoms with Crippen molar-refractivity contribution >= 4 is 11.9 Å². The first-order valence-corrected chi connectivity index (χ1v) is 10.7. The Hall–Kier alpha value is -2.83. The fourth-order valence-electron chi connectivity index (χ4n) is 6.31. The van der Waals surface area contributed by atoms with Gasteiger partial charge in [-0.15, -0.1) is 0 Å². The van der Waals surface area contributed by atoms with Gasteiger partial charge in [0.15, 0.2) is 19.0 Å². The highest BCUT2D eigenvalue weighted by Gasteiger charge is 2.54. The molecule has 2 aromatic heterocycles. The summed E-state index contributed by atoms with van der Waals surface area (Å²) in [6, 6.07) is 6.49. The highest BCUT2D eigenvalue weighted by atomic mass is 16.5. The molecular formula is C23H26N2O5. The number of furan rings is 1. The van der Waals surface area contributed by atoms with Crippen LogP contribution in [0.4, 0.5) is 0 Å². The minimum Gasteiger partial charge on any atom is -0.619 e. The molecule has 1 amide bonds. The van der Waals surface area contributed by atoms with Crippen molar-refractivity contribution in [3.8, 4) is 0 Å². The number of hydrogen-bond donors (Lipinski definition) is 0. The van der Waals surface area contributed by atoms with Gasteiger partial charge in [-0.1, -0.05) is 0 Å². The van der Waals surface area contributed by atoms with E-state index in [1.54, 1.807) is 6.26 Å². The van der Waals surface area contributed by atoms with E-state index in [0.717, 1.165) is 25.0 Å². The van der Waals surface area contributed by atoms with E-state index in [9.17, 15) is 14.8 Å². The lowest BCUT2D eigenvalue weighted by atomic mass is 9.52. The molecule has 6 rings (SSSR count). The summed E-state index contributed by atoms with van der Waals surface area (Å²) in [5.41, 5.74) is 0.0913. The maximum absolute atomic E-state index is 13.3. The van der Waals surface area contributed by atoms with Crippen LogP contribution in [0, 0.1) is 23.0 Å². The standard InChI is InChI=1S/C23H26N2O5/c26-21(15-30-22(27)19-3-5-24(28)6-4-19)25(14-20-2-1-7-29-20)23-11-16-8-17(12-23)10-18(9-16)13-23/h1-7,16-18H,8-15H2. The fraction of sp³-hybridized carbons (Fsp3) is 0.522. The molecule has 0 atom stereocenters. The van der Waals surface area contributed by atoms with E-state index in [1.807, 2.05) is 17.0 Å². The minimum absolute atomic E-state index is 0.161. The monoisotopic (exact) mass is 410 g/mol. The molecule has 7 nitrogen and oxygen atoms in total. The number of aromatic nitrogens is 1. The molecule has 7 heteroatoms.